The first-order chi connectivity index (χ1) is 14.5. The highest BCUT2D eigenvalue weighted by Crippen LogP contribution is 2.33. The number of benzene rings is 1. The Kier molecular flexibility index (Phi) is 10.2. The number of hydrogen-bond donors (Lipinski definition) is 3. The van der Waals surface area contributed by atoms with E-state index in [1.165, 1.54) is 6.07 Å². The molecule has 8 nitrogen and oxygen atoms in total. The molecule has 0 bridgehead atoms. The van der Waals surface area contributed by atoms with Gasteiger partial charge in [0.25, 0.3) is 11.9 Å². The third-order valence-electron chi connectivity index (χ3n) is 4.17. The predicted octanol–water partition coefficient (Wildman–Crippen LogP) is 3.30. The molecule has 31 heavy (non-hydrogen) atoms. The molecule has 0 spiro atoms. The first-order valence-corrected chi connectivity index (χ1v) is 9.30. The molecule has 172 valence electrons. The Bertz CT molecular complexity index is 835. The molecule has 0 radical (unpaired) electrons. The van der Waals surface area contributed by atoms with E-state index >= 15 is 0 Å². The molecule has 0 aliphatic carbocycles. The van der Waals surface area contributed by atoms with Crippen LogP contribution in [0, 0.1) is 0 Å². The SMILES string of the molecule is CC(=O)O.CC(=O)O.CO[C@H]1CCNC[C@H]1n1ccnc1-c1cccc(C(F)(F)F)c1. The lowest BCUT2D eigenvalue weighted by atomic mass is 10.0. The van der Waals surface area contributed by atoms with Crippen LogP contribution in [0.5, 0.6) is 0 Å². The van der Waals surface area contributed by atoms with Crippen LogP contribution in [0.4, 0.5) is 13.2 Å². The van der Waals surface area contributed by atoms with Crippen molar-refractivity contribution in [2.75, 3.05) is 20.2 Å². The summed E-state index contributed by atoms with van der Waals surface area (Å²) in [4.78, 5) is 22.3. The van der Waals surface area contributed by atoms with Crippen molar-refractivity contribution in [3.63, 3.8) is 0 Å². The van der Waals surface area contributed by atoms with Gasteiger partial charge in [-0.1, -0.05) is 12.1 Å². The first kappa shape index (κ1) is 26.1. The van der Waals surface area contributed by atoms with Crippen molar-refractivity contribution in [2.24, 2.45) is 0 Å². The fraction of sp³-hybridized carbons (Fsp3) is 0.450. The highest BCUT2D eigenvalue weighted by Gasteiger charge is 2.32. The van der Waals surface area contributed by atoms with Crippen LogP contribution in [0.25, 0.3) is 11.4 Å². The van der Waals surface area contributed by atoms with E-state index in [0.717, 1.165) is 38.9 Å². The van der Waals surface area contributed by atoms with Crippen LogP contribution in [-0.2, 0) is 20.5 Å². The third kappa shape index (κ3) is 8.77. The summed E-state index contributed by atoms with van der Waals surface area (Å²) in [6.07, 6.45) is -0.109. The highest BCUT2D eigenvalue weighted by atomic mass is 19.4. The minimum Gasteiger partial charge on any atom is -0.481 e. The lowest BCUT2D eigenvalue weighted by Gasteiger charge is -2.33. The number of nitrogens with zero attached hydrogens (tertiary/aromatic N) is 2. The lowest BCUT2D eigenvalue weighted by molar-refractivity contribution is -0.137. The number of halogens is 3. The van der Waals surface area contributed by atoms with Crippen LogP contribution in [0.2, 0.25) is 0 Å². The van der Waals surface area contributed by atoms with Crippen molar-refractivity contribution in [1.29, 1.82) is 0 Å². The van der Waals surface area contributed by atoms with Gasteiger partial charge in [0.15, 0.2) is 0 Å². The number of aliphatic carboxylic acids is 2. The van der Waals surface area contributed by atoms with E-state index in [9.17, 15) is 13.2 Å². The first-order valence-electron chi connectivity index (χ1n) is 9.30. The molecule has 1 aliphatic heterocycles. The molecule has 0 unspecified atom stereocenters. The van der Waals surface area contributed by atoms with Crippen LogP contribution in [0.3, 0.4) is 0 Å². The monoisotopic (exact) mass is 445 g/mol. The third-order valence-corrected chi connectivity index (χ3v) is 4.17. The van der Waals surface area contributed by atoms with Crippen LogP contribution < -0.4 is 5.32 Å². The summed E-state index contributed by atoms with van der Waals surface area (Å²) in [5, 5.41) is 18.1. The Balaban J connectivity index is 0.000000519. The van der Waals surface area contributed by atoms with Gasteiger partial charge in [-0.3, -0.25) is 9.59 Å². The second-order valence-electron chi connectivity index (χ2n) is 6.61. The molecular weight excluding hydrogens is 419 g/mol. The van der Waals surface area contributed by atoms with Gasteiger partial charge in [-0.15, -0.1) is 0 Å². The molecule has 2 aromatic rings. The molecule has 11 heteroatoms. The molecule has 3 rings (SSSR count). The quantitative estimate of drug-likeness (QED) is 0.664. The second-order valence-corrected chi connectivity index (χ2v) is 6.61. The predicted molar refractivity (Wildman–Crippen MR) is 107 cm³/mol. The number of ether oxygens (including phenoxy) is 1. The number of nitrogens with one attached hydrogen (secondary N) is 1. The molecule has 1 aromatic heterocycles. The van der Waals surface area contributed by atoms with Gasteiger partial charge >= 0.3 is 6.18 Å². The van der Waals surface area contributed by atoms with Gasteiger partial charge < -0.3 is 24.8 Å². The standard InChI is InChI=1S/C16H18F3N3O.2C2H4O2/c1-23-14-5-6-20-10-13(14)22-8-7-21-15(22)11-3-2-4-12(9-11)16(17,18)19;2*1-2(3)4/h2-4,7-9,13-14,20H,5-6,10H2,1H3;2*1H3,(H,3,4)/t13-,14+;;/m1../s1. The maximum absolute atomic E-state index is 12.9. The number of carboxylic acids is 2. The Morgan fingerprint density at radius 3 is 2.39 bits per heavy atom. The van der Waals surface area contributed by atoms with Crippen molar-refractivity contribution >= 4 is 11.9 Å². The maximum atomic E-state index is 12.9. The van der Waals surface area contributed by atoms with E-state index in [-0.39, 0.29) is 12.1 Å². The Labute approximate surface area is 177 Å². The van der Waals surface area contributed by atoms with Crippen molar-refractivity contribution in [1.82, 2.24) is 14.9 Å². The molecule has 1 aromatic carbocycles. The summed E-state index contributed by atoms with van der Waals surface area (Å²) in [5.74, 6) is -1.15. The van der Waals surface area contributed by atoms with Gasteiger partial charge in [0, 0.05) is 45.5 Å². The minimum atomic E-state index is -4.37. The summed E-state index contributed by atoms with van der Waals surface area (Å²) >= 11 is 0. The van der Waals surface area contributed by atoms with Crippen molar-refractivity contribution in [3.05, 3.63) is 42.2 Å². The Morgan fingerprint density at radius 1 is 1.23 bits per heavy atom. The second kappa shape index (κ2) is 12.1. The number of aromatic nitrogens is 2. The molecule has 1 aliphatic rings. The summed E-state index contributed by atoms with van der Waals surface area (Å²) in [6, 6.07) is 5.25. The number of piperidine rings is 1. The highest BCUT2D eigenvalue weighted by molar-refractivity contribution is 5.63. The van der Waals surface area contributed by atoms with Crippen molar-refractivity contribution < 1.29 is 37.7 Å². The fourth-order valence-corrected chi connectivity index (χ4v) is 3.01. The normalized spacial score (nSPS) is 18.1. The van der Waals surface area contributed by atoms with Crippen molar-refractivity contribution in [3.8, 4) is 11.4 Å². The number of rotatable bonds is 3. The molecule has 0 saturated carbocycles. The number of alkyl halides is 3. The summed E-state index contributed by atoms with van der Waals surface area (Å²) in [5.41, 5.74) is -0.222. The number of methoxy groups -OCH3 is 1. The van der Waals surface area contributed by atoms with E-state index < -0.39 is 23.7 Å². The zero-order valence-electron chi connectivity index (χ0n) is 17.4. The lowest BCUT2D eigenvalue weighted by Crippen LogP contribution is -2.42. The number of hydrogen-bond acceptors (Lipinski definition) is 5. The van der Waals surface area contributed by atoms with Gasteiger partial charge in [0.1, 0.15) is 5.82 Å². The zero-order valence-corrected chi connectivity index (χ0v) is 17.4. The van der Waals surface area contributed by atoms with E-state index in [1.54, 1.807) is 25.6 Å². The Hall–Kier alpha value is -2.92. The average molecular weight is 445 g/mol. The molecule has 3 N–H and O–H groups in total. The number of carboxylic acid groups (broad SMARTS) is 2. The minimum absolute atomic E-state index is 0.000734. The smallest absolute Gasteiger partial charge is 0.416 e. The molecule has 2 heterocycles. The van der Waals surface area contributed by atoms with Crippen LogP contribution in [0.1, 0.15) is 31.9 Å². The maximum Gasteiger partial charge on any atom is 0.416 e. The molecule has 1 saturated heterocycles. The topological polar surface area (TPSA) is 114 Å². The van der Waals surface area contributed by atoms with Crippen molar-refractivity contribution in [2.45, 2.75) is 38.6 Å². The van der Waals surface area contributed by atoms with Crippen LogP contribution >= 0.6 is 0 Å². The fourth-order valence-electron chi connectivity index (χ4n) is 3.01. The summed E-state index contributed by atoms with van der Waals surface area (Å²) in [6.45, 7) is 3.73. The van der Waals surface area contributed by atoms with E-state index in [0.29, 0.717) is 17.9 Å². The van der Waals surface area contributed by atoms with Gasteiger partial charge in [0.05, 0.1) is 17.7 Å². The molecule has 1 fully saturated rings. The number of imidazole rings is 1. The van der Waals surface area contributed by atoms with E-state index in [1.807, 2.05) is 4.57 Å². The summed E-state index contributed by atoms with van der Waals surface area (Å²) < 4.78 is 46.2. The van der Waals surface area contributed by atoms with E-state index in [2.05, 4.69) is 10.3 Å². The van der Waals surface area contributed by atoms with Gasteiger partial charge in [-0.2, -0.15) is 13.2 Å². The summed E-state index contributed by atoms with van der Waals surface area (Å²) in [7, 11) is 1.66. The molecule has 0 amide bonds. The van der Waals surface area contributed by atoms with Crippen LogP contribution in [0.15, 0.2) is 36.7 Å². The van der Waals surface area contributed by atoms with E-state index in [4.69, 9.17) is 24.5 Å². The van der Waals surface area contributed by atoms with Gasteiger partial charge in [0.2, 0.25) is 0 Å². The molecular formula is C20H26F3N3O5. The Morgan fingerprint density at radius 2 is 1.84 bits per heavy atom. The average Bonchev–Trinajstić information content (AvgIpc) is 3.16. The zero-order chi connectivity index (χ0) is 23.6. The largest absolute Gasteiger partial charge is 0.481 e. The molecule has 2 atom stereocenters. The van der Waals surface area contributed by atoms with Gasteiger partial charge in [-0.05, 0) is 25.1 Å². The van der Waals surface area contributed by atoms with Crippen LogP contribution in [-0.4, -0.2) is 58.0 Å². The number of carbonyl (C=O) groups is 2. The van der Waals surface area contributed by atoms with Gasteiger partial charge in [-0.25, -0.2) is 4.98 Å².